The standard InChI is InChI=1S/C9H14N2O/c1-3-12-11-7-9-5-4-8(2)10-6-9/h4-6,11H,3,7H2,1-2H3. The molecule has 1 heterocycles. The molecule has 1 rings (SSSR count). The summed E-state index contributed by atoms with van der Waals surface area (Å²) < 4.78 is 0. The van der Waals surface area contributed by atoms with Crippen LogP contribution in [0.5, 0.6) is 0 Å². The molecule has 1 aromatic rings. The molecule has 3 heteroatoms. The first-order chi connectivity index (χ1) is 5.83. The van der Waals surface area contributed by atoms with E-state index in [-0.39, 0.29) is 0 Å². The fraction of sp³-hybridized carbons (Fsp3) is 0.444. The van der Waals surface area contributed by atoms with Gasteiger partial charge in [0.25, 0.3) is 0 Å². The number of nitrogens with one attached hydrogen (secondary N) is 1. The maximum Gasteiger partial charge on any atom is 0.0654 e. The Hall–Kier alpha value is -0.930. The summed E-state index contributed by atoms with van der Waals surface area (Å²) in [5, 5.41) is 0. The molecule has 3 nitrogen and oxygen atoms in total. The number of hydrogen-bond donors (Lipinski definition) is 1. The Bertz CT molecular complexity index is 220. The predicted octanol–water partition coefficient (Wildman–Crippen LogP) is 1.43. The lowest BCUT2D eigenvalue weighted by atomic mass is 10.2. The molecule has 12 heavy (non-hydrogen) atoms. The minimum atomic E-state index is 0.680. The highest BCUT2D eigenvalue weighted by Crippen LogP contribution is 1.97. The largest absolute Gasteiger partial charge is 0.302 e. The molecular weight excluding hydrogens is 152 g/mol. The third-order valence-electron chi connectivity index (χ3n) is 1.50. The average Bonchev–Trinajstić information content (AvgIpc) is 2.09. The van der Waals surface area contributed by atoms with Crippen molar-refractivity contribution in [2.24, 2.45) is 0 Å². The summed E-state index contributed by atoms with van der Waals surface area (Å²) in [6.07, 6.45) is 1.85. The number of aromatic nitrogens is 1. The molecule has 0 saturated carbocycles. The van der Waals surface area contributed by atoms with Crippen LogP contribution in [0.4, 0.5) is 0 Å². The number of nitrogens with zero attached hydrogens (tertiary/aromatic N) is 1. The Labute approximate surface area is 72.7 Å². The van der Waals surface area contributed by atoms with Gasteiger partial charge in [-0.15, -0.1) is 0 Å². The molecule has 1 N–H and O–H groups in total. The van der Waals surface area contributed by atoms with Gasteiger partial charge in [0.1, 0.15) is 0 Å². The molecule has 66 valence electrons. The highest BCUT2D eigenvalue weighted by atomic mass is 16.6. The van der Waals surface area contributed by atoms with Gasteiger partial charge in [-0.25, -0.2) is 0 Å². The fourth-order valence-corrected chi connectivity index (χ4v) is 0.839. The topological polar surface area (TPSA) is 34.1 Å². The van der Waals surface area contributed by atoms with Crippen LogP contribution in [0.25, 0.3) is 0 Å². The minimum absolute atomic E-state index is 0.680. The van der Waals surface area contributed by atoms with Gasteiger partial charge in [-0.1, -0.05) is 6.07 Å². The molecule has 0 bridgehead atoms. The van der Waals surface area contributed by atoms with Crippen LogP contribution in [-0.4, -0.2) is 11.6 Å². The van der Waals surface area contributed by atoms with Gasteiger partial charge in [0.15, 0.2) is 0 Å². The van der Waals surface area contributed by atoms with E-state index in [0.717, 1.165) is 11.3 Å². The van der Waals surface area contributed by atoms with Crippen LogP contribution in [0.1, 0.15) is 18.2 Å². The average molecular weight is 166 g/mol. The molecule has 0 radical (unpaired) electrons. The van der Waals surface area contributed by atoms with Gasteiger partial charge >= 0.3 is 0 Å². The van der Waals surface area contributed by atoms with Crippen LogP contribution < -0.4 is 5.48 Å². The third-order valence-corrected chi connectivity index (χ3v) is 1.50. The van der Waals surface area contributed by atoms with Crippen LogP contribution in [0, 0.1) is 6.92 Å². The van der Waals surface area contributed by atoms with E-state index in [1.807, 2.05) is 32.2 Å². The first kappa shape index (κ1) is 9.16. The number of pyridine rings is 1. The summed E-state index contributed by atoms with van der Waals surface area (Å²) >= 11 is 0. The highest BCUT2D eigenvalue weighted by Gasteiger charge is 1.91. The summed E-state index contributed by atoms with van der Waals surface area (Å²) in [4.78, 5) is 9.15. The van der Waals surface area contributed by atoms with Crippen molar-refractivity contribution in [3.8, 4) is 0 Å². The maximum absolute atomic E-state index is 4.99. The Morgan fingerprint density at radius 1 is 1.50 bits per heavy atom. The summed E-state index contributed by atoms with van der Waals surface area (Å²) in [6.45, 7) is 5.31. The monoisotopic (exact) mass is 166 g/mol. The van der Waals surface area contributed by atoms with Crippen molar-refractivity contribution in [1.82, 2.24) is 10.5 Å². The van der Waals surface area contributed by atoms with Crippen LogP contribution >= 0.6 is 0 Å². The molecule has 0 fully saturated rings. The van der Waals surface area contributed by atoms with E-state index in [0.29, 0.717) is 13.2 Å². The second-order valence-electron chi connectivity index (χ2n) is 2.56. The number of hydroxylamine groups is 1. The highest BCUT2D eigenvalue weighted by molar-refractivity contribution is 5.12. The molecule has 0 spiro atoms. The minimum Gasteiger partial charge on any atom is -0.302 e. The van der Waals surface area contributed by atoms with Gasteiger partial charge in [-0.2, -0.15) is 5.48 Å². The molecule has 0 aliphatic carbocycles. The number of aryl methyl sites for hydroxylation is 1. The van der Waals surface area contributed by atoms with Gasteiger partial charge in [0, 0.05) is 18.4 Å². The molecule has 0 unspecified atom stereocenters. The summed E-state index contributed by atoms with van der Waals surface area (Å²) in [6, 6.07) is 4.03. The summed E-state index contributed by atoms with van der Waals surface area (Å²) in [5.74, 6) is 0. The van der Waals surface area contributed by atoms with Crippen LogP contribution in [0.15, 0.2) is 18.3 Å². The molecular formula is C9H14N2O. The number of rotatable bonds is 4. The second-order valence-corrected chi connectivity index (χ2v) is 2.56. The maximum atomic E-state index is 4.99. The first-order valence-corrected chi connectivity index (χ1v) is 4.09. The van der Waals surface area contributed by atoms with Crippen molar-refractivity contribution in [3.05, 3.63) is 29.6 Å². The SMILES string of the molecule is CCONCc1ccc(C)nc1. The molecule has 0 aromatic carbocycles. The Kier molecular flexibility index (Phi) is 3.70. The van der Waals surface area contributed by atoms with Gasteiger partial charge in [-0.3, -0.25) is 4.98 Å². The Balaban J connectivity index is 2.37. The fourth-order valence-electron chi connectivity index (χ4n) is 0.839. The summed E-state index contributed by atoms with van der Waals surface area (Å²) in [5.41, 5.74) is 5.00. The molecule has 0 aliphatic heterocycles. The van der Waals surface area contributed by atoms with E-state index >= 15 is 0 Å². The zero-order valence-electron chi connectivity index (χ0n) is 7.50. The van der Waals surface area contributed by atoms with E-state index in [4.69, 9.17) is 4.84 Å². The lowest BCUT2D eigenvalue weighted by Crippen LogP contribution is -2.13. The second kappa shape index (κ2) is 4.85. The molecule has 0 saturated heterocycles. The van der Waals surface area contributed by atoms with Crippen LogP contribution in [0.3, 0.4) is 0 Å². The Morgan fingerprint density at radius 3 is 2.92 bits per heavy atom. The van der Waals surface area contributed by atoms with Gasteiger partial charge in [0.2, 0.25) is 0 Å². The first-order valence-electron chi connectivity index (χ1n) is 4.09. The van der Waals surface area contributed by atoms with E-state index in [9.17, 15) is 0 Å². The van der Waals surface area contributed by atoms with Crippen molar-refractivity contribution in [2.45, 2.75) is 20.4 Å². The van der Waals surface area contributed by atoms with Gasteiger partial charge in [-0.05, 0) is 25.5 Å². The van der Waals surface area contributed by atoms with Crippen molar-refractivity contribution >= 4 is 0 Å². The van der Waals surface area contributed by atoms with E-state index in [1.54, 1.807) is 0 Å². The molecule has 0 amide bonds. The van der Waals surface area contributed by atoms with Crippen LogP contribution in [0.2, 0.25) is 0 Å². The summed E-state index contributed by atoms with van der Waals surface area (Å²) in [7, 11) is 0. The van der Waals surface area contributed by atoms with Crippen molar-refractivity contribution in [2.75, 3.05) is 6.61 Å². The van der Waals surface area contributed by atoms with Gasteiger partial charge in [0.05, 0.1) is 6.61 Å². The normalized spacial score (nSPS) is 10.2. The zero-order chi connectivity index (χ0) is 8.81. The lowest BCUT2D eigenvalue weighted by molar-refractivity contribution is 0.0463. The van der Waals surface area contributed by atoms with Gasteiger partial charge < -0.3 is 4.84 Å². The van der Waals surface area contributed by atoms with Crippen molar-refractivity contribution in [1.29, 1.82) is 0 Å². The molecule has 0 aliphatic rings. The third kappa shape index (κ3) is 2.98. The lowest BCUT2D eigenvalue weighted by Gasteiger charge is -2.02. The number of hydrogen-bond acceptors (Lipinski definition) is 3. The van der Waals surface area contributed by atoms with E-state index < -0.39 is 0 Å². The zero-order valence-corrected chi connectivity index (χ0v) is 7.50. The molecule has 1 aromatic heterocycles. The van der Waals surface area contributed by atoms with Crippen molar-refractivity contribution < 1.29 is 4.84 Å². The van der Waals surface area contributed by atoms with E-state index in [2.05, 4.69) is 10.5 Å². The smallest absolute Gasteiger partial charge is 0.0654 e. The van der Waals surface area contributed by atoms with E-state index in [1.165, 1.54) is 0 Å². The van der Waals surface area contributed by atoms with Crippen LogP contribution in [-0.2, 0) is 11.4 Å². The molecule has 0 atom stereocenters. The van der Waals surface area contributed by atoms with Crippen molar-refractivity contribution in [3.63, 3.8) is 0 Å². The quantitative estimate of drug-likeness (QED) is 0.542. The Morgan fingerprint density at radius 2 is 2.33 bits per heavy atom. The predicted molar refractivity (Wildman–Crippen MR) is 47.4 cm³/mol.